The fraction of sp³-hybridized carbons (Fsp3) is 0.216. The molecule has 0 radical (unpaired) electrons. The molecule has 0 aliphatic heterocycles. The van der Waals surface area contributed by atoms with Crippen molar-refractivity contribution in [1.82, 2.24) is 0 Å². The third kappa shape index (κ3) is 17.9. The third-order valence-corrected chi connectivity index (χ3v) is 10.2. The Bertz CT molecular complexity index is 3170. The summed E-state index contributed by atoms with van der Waals surface area (Å²) in [4.78, 5) is 93.0. The van der Waals surface area contributed by atoms with Crippen LogP contribution in [0.15, 0.2) is 134 Å². The van der Waals surface area contributed by atoms with Crippen LogP contribution in [0, 0.1) is 5.92 Å². The summed E-state index contributed by atoms with van der Waals surface area (Å²) in [6, 6.07) is 19.9. The fourth-order valence-electron chi connectivity index (χ4n) is 6.42. The Kier molecular flexibility index (Phi) is 27.6. The minimum absolute atomic E-state index is 0. The third-order valence-electron chi connectivity index (χ3n) is 10.2. The maximum atomic E-state index is 14.5. The van der Waals surface area contributed by atoms with Crippen molar-refractivity contribution in [1.29, 1.82) is 0 Å². The number of carboxylic acid groups (broad SMARTS) is 4. The summed E-state index contributed by atoms with van der Waals surface area (Å²) in [5, 5.41) is 53.9. The summed E-state index contributed by atoms with van der Waals surface area (Å²) in [5.41, 5.74) is -2.96. The van der Waals surface area contributed by atoms with Gasteiger partial charge in [-0.15, -0.1) is 0 Å². The number of alkyl halides is 1. The van der Waals surface area contributed by atoms with Crippen molar-refractivity contribution in [3.05, 3.63) is 161 Å². The SMILES string of the molecule is CCC(C)C.O=C([O-])c1cc(=O)c2c(OCC(F)COc3cccc4oc(C(=O)[O-])cc(=O)c34)cccc2o1.O=C([O-])c1cc(=O)c2c(OCC(O)COc3cccc4oc(C(=O)[O-])cc(=O)c34)cccc2o1.[Na+].[Na+].[Na+].[Na+]. The zero-order valence-corrected chi connectivity index (χ0v) is 50.5. The van der Waals surface area contributed by atoms with Crippen molar-refractivity contribution in [2.24, 2.45) is 5.92 Å². The molecule has 0 fully saturated rings. The number of carboxylic acids is 4. The van der Waals surface area contributed by atoms with Crippen molar-refractivity contribution in [2.45, 2.75) is 39.5 Å². The average Bonchev–Trinajstić information content (AvgIpc) is 3.35. The summed E-state index contributed by atoms with van der Waals surface area (Å²) in [6.45, 7) is 4.90. The van der Waals surface area contributed by atoms with Crippen molar-refractivity contribution in [3.8, 4) is 23.0 Å². The molecule has 8 aromatic rings. The molecule has 0 spiro atoms. The van der Waals surface area contributed by atoms with E-state index in [2.05, 4.69) is 20.8 Å². The fourth-order valence-corrected chi connectivity index (χ4v) is 6.42. The van der Waals surface area contributed by atoms with E-state index in [9.17, 15) is 68.3 Å². The first-order chi connectivity index (χ1) is 34.8. The van der Waals surface area contributed by atoms with Gasteiger partial charge >= 0.3 is 118 Å². The number of benzene rings is 4. The number of aliphatic hydroxyl groups is 1. The molecule has 21 nitrogen and oxygen atoms in total. The monoisotopic (exact) mass is 1100 g/mol. The van der Waals surface area contributed by atoms with E-state index in [4.69, 9.17) is 36.6 Å². The van der Waals surface area contributed by atoms with Gasteiger partial charge in [0.2, 0.25) is 0 Å². The number of aromatic carboxylic acids is 4. The van der Waals surface area contributed by atoms with Gasteiger partial charge in [-0.1, -0.05) is 51.5 Å². The standard InChI is InChI=1S/C23H15FO10.C23H16O11.C5H12.4Na/c2*24-11(9-31-14-3-1-5-16-20(14)12(25)7-18(33-16)22(27)28)10-32-15-4-2-6-17-21(15)13(26)8-19(34-17)23(29)30;1-4-5(2)3;;;;/h1-8,11H,9-10H2,(H,27,28)(H,29,30);1-8,11,24H,9-10H2,(H,27,28)(H,29,30);5H,4H2,1-3H3;;;;/q;;;4*+1/p-4. The molecule has 0 bridgehead atoms. The van der Waals surface area contributed by atoms with E-state index in [0.29, 0.717) is 0 Å². The molecule has 0 saturated carbocycles. The second-order valence-corrected chi connectivity index (χ2v) is 15.9. The predicted molar refractivity (Wildman–Crippen MR) is 245 cm³/mol. The van der Waals surface area contributed by atoms with Gasteiger partial charge in [0, 0.05) is 24.3 Å². The van der Waals surface area contributed by atoms with Crippen LogP contribution < -0.4 is 179 Å². The van der Waals surface area contributed by atoms with E-state index < -0.39 is 94.1 Å². The van der Waals surface area contributed by atoms with E-state index in [1.807, 2.05) is 0 Å². The summed E-state index contributed by atoms with van der Waals surface area (Å²) in [5.74, 6) is -8.25. The molecule has 0 aliphatic carbocycles. The normalized spacial score (nSPS) is 10.4. The number of hydrogen-bond acceptors (Lipinski definition) is 21. The Morgan fingerprint density at radius 1 is 0.468 bits per heavy atom. The van der Waals surface area contributed by atoms with Crippen LogP contribution in [0.1, 0.15) is 69.4 Å². The number of carbonyl (C=O) groups excluding carboxylic acids is 4. The summed E-state index contributed by atoms with van der Waals surface area (Å²) in [7, 11) is 0. The van der Waals surface area contributed by atoms with Gasteiger partial charge in [-0.25, -0.2) is 4.39 Å². The molecule has 0 atom stereocenters. The second-order valence-electron chi connectivity index (χ2n) is 15.9. The molecule has 77 heavy (non-hydrogen) atoms. The number of rotatable bonds is 17. The van der Waals surface area contributed by atoms with Gasteiger partial charge in [-0.2, -0.15) is 0 Å². The van der Waals surface area contributed by atoms with Crippen LogP contribution in [0.25, 0.3) is 43.9 Å². The summed E-state index contributed by atoms with van der Waals surface area (Å²) in [6.07, 6.45) is -1.62. The molecule has 380 valence electrons. The zero-order valence-electron chi connectivity index (χ0n) is 42.5. The van der Waals surface area contributed by atoms with E-state index in [-0.39, 0.29) is 198 Å². The van der Waals surface area contributed by atoms with Crippen molar-refractivity contribution < 1.29 is 204 Å². The van der Waals surface area contributed by atoms with E-state index in [0.717, 1.165) is 30.2 Å². The molecule has 0 unspecified atom stereocenters. The number of hydrogen-bond donors (Lipinski definition) is 1. The maximum Gasteiger partial charge on any atom is 1.00 e. The van der Waals surface area contributed by atoms with Crippen molar-refractivity contribution >= 4 is 67.8 Å². The Balaban J connectivity index is 0.000000462. The molecule has 1 N–H and O–H groups in total. The Hall–Kier alpha value is -5.31. The Morgan fingerprint density at radius 3 is 0.896 bits per heavy atom. The Morgan fingerprint density at radius 2 is 0.688 bits per heavy atom. The summed E-state index contributed by atoms with van der Waals surface area (Å²) >= 11 is 0. The molecule has 0 saturated heterocycles. The summed E-state index contributed by atoms with van der Waals surface area (Å²) < 4.78 is 56.7. The van der Waals surface area contributed by atoms with Gasteiger partial charge in [-0.3, -0.25) is 19.2 Å². The number of halogens is 1. The van der Waals surface area contributed by atoms with Crippen LogP contribution in [0.2, 0.25) is 0 Å². The van der Waals surface area contributed by atoms with Crippen molar-refractivity contribution in [3.63, 3.8) is 0 Å². The molecular weight excluding hydrogens is 1060 g/mol. The van der Waals surface area contributed by atoms with Crippen molar-refractivity contribution in [2.75, 3.05) is 26.4 Å². The van der Waals surface area contributed by atoms with E-state index in [1.54, 1.807) is 0 Å². The molecule has 4 heterocycles. The van der Waals surface area contributed by atoms with Crippen LogP contribution in [-0.4, -0.2) is 67.7 Å². The quantitative estimate of drug-likeness (QED) is 0.0828. The molecule has 26 heteroatoms. The number of fused-ring (bicyclic) bond motifs is 4. The first-order valence-electron chi connectivity index (χ1n) is 21.7. The minimum Gasteiger partial charge on any atom is -0.542 e. The molecular formula is C51H39FNa4O21. The number of aliphatic hydroxyl groups excluding tert-OH is 1. The first kappa shape index (κ1) is 67.8. The van der Waals surface area contributed by atoms with Crippen LogP contribution in [0.5, 0.6) is 23.0 Å². The van der Waals surface area contributed by atoms with Crippen LogP contribution in [-0.2, 0) is 0 Å². The first-order valence-corrected chi connectivity index (χ1v) is 21.7. The minimum atomic E-state index is -1.71. The maximum absolute atomic E-state index is 14.5. The second kappa shape index (κ2) is 31.3. The van der Waals surface area contributed by atoms with Gasteiger partial charge < -0.3 is 81.3 Å². The largest absolute Gasteiger partial charge is 1.00 e. The zero-order chi connectivity index (χ0) is 53.1. The topological polar surface area (TPSA) is 339 Å². The average molecular weight is 1100 g/mol. The molecule has 0 amide bonds. The van der Waals surface area contributed by atoms with Crippen LogP contribution in [0.3, 0.4) is 0 Å². The van der Waals surface area contributed by atoms with Gasteiger partial charge in [0.1, 0.15) is 123 Å². The van der Waals surface area contributed by atoms with Gasteiger partial charge in [0.25, 0.3) is 0 Å². The van der Waals surface area contributed by atoms with Gasteiger partial charge in [0.05, 0.1) is 0 Å². The van der Waals surface area contributed by atoms with Gasteiger partial charge in [-0.05, 0) is 54.4 Å². The molecule has 4 aromatic heterocycles. The molecule has 4 aromatic carbocycles. The Labute approximate surface area is 522 Å². The van der Waals surface area contributed by atoms with Gasteiger partial charge in [0.15, 0.2) is 50.9 Å². The number of ether oxygens (including phenoxy) is 4. The van der Waals surface area contributed by atoms with Crippen LogP contribution in [0.4, 0.5) is 4.39 Å². The molecule has 8 rings (SSSR count). The smallest absolute Gasteiger partial charge is 0.542 e. The van der Waals surface area contributed by atoms with E-state index in [1.165, 1.54) is 79.2 Å². The van der Waals surface area contributed by atoms with E-state index >= 15 is 0 Å². The number of carbonyl (C=O) groups is 4. The van der Waals surface area contributed by atoms with Crippen LogP contribution >= 0.6 is 0 Å². The predicted octanol–water partition coefficient (Wildman–Crippen LogP) is -10.1. The molecule has 0 aliphatic rings.